The summed E-state index contributed by atoms with van der Waals surface area (Å²) >= 11 is 0. The van der Waals surface area contributed by atoms with Crippen LogP contribution in [-0.2, 0) is 5.41 Å². The summed E-state index contributed by atoms with van der Waals surface area (Å²) in [5.74, 6) is 3.19. The van der Waals surface area contributed by atoms with Gasteiger partial charge in [-0.1, -0.05) is 20.8 Å². The second-order valence-electron chi connectivity index (χ2n) is 7.02. The van der Waals surface area contributed by atoms with Gasteiger partial charge in [0.25, 0.3) is 0 Å². The lowest BCUT2D eigenvalue weighted by Gasteiger charge is -2.26. The Balaban J connectivity index is 2.02. The Hall–Kier alpha value is -1.36. The van der Waals surface area contributed by atoms with Crippen molar-refractivity contribution in [1.29, 1.82) is 0 Å². The summed E-state index contributed by atoms with van der Waals surface area (Å²) in [6, 6.07) is 1.95. The molecule has 2 rings (SSSR count). The Morgan fingerprint density at radius 2 is 1.76 bits per heavy atom. The van der Waals surface area contributed by atoms with Crippen LogP contribution in [0.5, 0.6) is 0 Å². The molecule has 0 aromatic carbocycles. The van der Waals surface area contributed by atoms with Gasteiger partial charge in [-0.3, -0.25) is 0 Å². The van der Waals surface area contributed by atoms with Crippen LogP contribution in [0.2, 0.25) is 0 Å². The third-order valence-electron chi connectivity index (χ3n) is 4.04. The van der Waals surface area contributed by atoms with E-state index in [4.69, 9.17) is 0 Å². The van der Waals surface area contributed by atoms with Crippen LogP contribution in [-0.4, -0.2) is 34.8 Å². The summed E-state index contributed by atoms with van der Waals surface area (Å²) in [5.41, 5.74) is -0.0712. The molecule has 0 bridgehead atoms. The number of hydrogen-bond acceptors (Lipinski definition) is 5. The van der Waals surface area contributed by atoms with Gasteiger partial charge in [0, 0.05) is 25.1 Å². The molecule has 1 aromatic rings. The molecule has 3 N–H and O–H groups in total. The van der Waals surface area contributed by atoms with E-state index in [1.807, 2.05) is 13.1 Å². The van der Waals surface area contributed by atoms with Gasteiger partial charge in [0.2, 0.25) is 0 Å². The highest BCUT2D eigenvalue weighted by molar-refractivity contribution is 5.47. The number of nitrogens with zero attached hydrogens (tertiary/aromatic N) is 2. The van der Waals surface area contributed by atoms with Gasteiger partial charge in [-0.25, -0.2) is 9.97 Å². The SMILES string of the molecule is CNc1cc(NCC2CCC(O)CC2)nc(C(C)(C)C)n1. The molecule has 1 fully saturated rings. The molecule has 1 saturated carbocycles. The van der Waals surface area contributed by atoms with Gasteiger partial charge in [0.15, 0.2) is 0 Å². The van der Waals surface area contributed by atoms with Gasteiger partial charge in [-0.15, -0.1) is 0 Å². The van der Waals surface area contributed by atoms with Crippen molar-refractivity contribution in [2.75, 3.05) is 24.2 Å². The van der Waals surface area contributed by atoms with Gasteiger partial charge < -0.3 is 15.7 Å². The minimum absolute atomic E-state index is 0.0712. The van der Waals surface area contributed by atoms with Gasteiger partial charge in [0.05, 0.1) is 6.10 Å². The van der Waals surface area contributed by atoms with Crippen LogP contribution < -0.4 is 10.6 Å². The molecular formula is C16H28N4O. The average Bonchev–Trinajstić information content (AvgIpc) is 2.45. The van der Waals surface area contributed by atoms with Crippen molar-refractivity contribution >= 4 is 11.6 Å². The first-order valence-corrected chi connectivity index (χ1v) is 7.87. The fourth-order valence-corrected chi connectivity index (χ4v) is 2.60. The number of nitrogens with one attached hydrogen (secondary N) is 2. The minimum atomic E-state index is -0.0938. The summed E-state index contributed by atoms with van der Waals surface area (Å²) in [7, 11) is 1.88. The predicted molar refractivity (Wildman–Crippen MR) is 86.7 cm³/mol. The molecule has 1 aliphatic carbocycles. The molecule has 118 valence electrons. The average molecular weight is 292 g/mol. The van der Waals surface area contributed by atoms with Gasteiger partial charge in [-0.05, 0) is 31.6 Å². The van der Waals surface area contributed by atoms with E-state index in [0.29, 0.717) is 5.92 Å². The van der Waals surface area contributed by atoms with Crippen LogP contribution in [0.1, 0.15) is 52.3 Å². The molecule has 5 heteroatoms. The number of aromatic nitrogens is 2. The van der Waals surface area contributed by atoms with Crippen LogP contribution in [0, 0.1) is 5.92 Å². The van der Waals surface area contributed by atoms with E-state index in [-0.39, 0.29) is 11.5 Å². The monoisotopic (exact) mass is 292 g/mol. The molecular weight excluding hydrogens is 264 g/mol. The molecule has 21 heavy (non-hydrogen) atoms. The largest absolute Gasteiger partial charge is 0.393 e. The van der Waals surface area contributed by atoms with Gasteiger partial charge in [0.1, 0.15) is 17.5 Å². The summed E-state index contributed by atoms with van der Waals surface area (Å²) in [4.78, 5) is 9.17. The third kappa shape index (κ3) is 4.56. The Morgan fingerprint density at radius 3 is 2.33 bits per heavy atom. The van der Waals surface area contributed by atoms with E-state index in [0.717, 1.165) is 49.7 Å². The van der Waals surface area contributed by atoms with Crippen molar-refractivity contribution in [3.05, 3.63) is 11.9 Å². The van der Waals surface area contributed by atoms with E-state index in [1.165, 1.54) is 0 Å². The van der Waals surface area contributed by atoms with E-state index in [2.05, 4.69) is 41.4 Å². The summed E-state index contributed by atoms with van der Waals surface area (Å²) < 4.78 is 0. The molecule has 0 spiro atoms. The van der Waals surface area contributed by atoms with Crippen molar-refractivity contribution in [1.82, 2.24) is 9.97 Å². The molecule has 0 aliphatic heterocycles. The molecule has 1 heterocycles. The molecule has 1 aliphatic rings. The fraction of sp³-hybridized carbons (Fsp3) is 0.750. The number of anilines is 2. The van der Waals surface area contributed by atoms with Gasteiger partial charge in [-0.2, -0.15) is 0 Å². The number of aliphatic hydroxyl groups is 1. The van der Waals surface area contributed by atoms with Crippen molar-refractivity contribution < 1.29 is 5.11 Å². The van der Waals surface area contributed by atoms with Gasteiger partial charge >= 0.3 is 0 Å². The topological polar surface area (TPSA) is 70.1 Å². The van der Waals surface area contributed by atoms with Crippen molar-refractivity contribution in [3.8, 4) is 0 Å². The highest BCUT2D eigenvalue weighted by Gasteiger charge is 2.21. The maximum Gasteiger partial charge on any atom is 0.138 e. The normalized spacial score (nSPS) is 22.9. The second kappa shape index (κ2) is 6.60. The molecule has 0 amide bonds. The third-order valence-corrected chi connectivity index (χ3v) is 4.04. The Labute approximate surface area is 127 Å². The number of aliphatic hydroxyl groups excluding tert-OH is 1. The van der Waals surface area contributed by atoms with Crippen molar-refractivity contribution in [2.45, 2.75) is 58.0 Å². The van der Waals surface area contributed by atoms with E-state index >= 15 is 0 Å². The molecule has 0 saturated heterocycles. The first-order valence-electron chi connectivity index (χ1n) is 7.87. The summed E-state index contributed by atoms with van der Waals surface area (Å²) in [5, 5.41) is 16.1. The maximum absolute atomic E-state index is 9.56. The Bertz CT molecular complexity index is 462. The lowest BCUT2D eigenvalue weighted by atomic mass is 9.87. The molecule has 0 atom stereocenters. The smallest absolute Gasteiger partial charge is 0.138 e. The first-order chi connectivity index (χ1) is 9.88. The number of rotatable bonds is 4. The lowest BCUT2D eigenvalue weighted by molar-refractivity contribution is 0.111. The second-order valence-corrected chi connectivity index (χ2v) is 7.02. The molecule has 1 aromatic heterocycles. The highest BCUT2D eigenvalue weighted by atomic mass is 16.3. The van der Waals surface area contributed by atoms with E-state index < -0.39 is 0 Å². The van der Waals surface area contributed by atoms with Crippen LogP contribution in [0.3, 0.4) is 0 Å². The fourth-order valence-electron chi connectivity index (χ4n) is 2.60. The quantitative estimate of drug-likeness (QED) is 0.796. The molecule has 0 unspecified atom stereocenters. The Kier molecular flexibility index (Phi) is 5.04. The number of hydrogen-bond donors (Lipinski definition) is 3. The van der Waals surface area contributed by atoms with Crippen LogP contribution >= 0.6 is 0 Å². The summed E-state index contributed by atoms with van der Waals surface area (Å²) in [6.07, 6.45) is 3.92. The zero-order chi connectivity index (χ0) is 15.5. The van der Waals surface area contributed by atoms with Crippen LogP contribution in [0.4, 0.5) is 11.6 Å². The van der Waals surface area contributed by atoms with Crippen LogP contribution in [0.15, 0.2) is 6.07 Å². The predicted octanol–water partition coefficient (Wildman–Crippen LogP) is 2.78. The zero-order valence-electron chi connectivity index (χ0n) is 13.6. The molecule has 0 radical (unpaired) electrons. The molecule has 5 nitrogen and oxygen atoms in total. The summed E-state index contributed by atoms with van der Waals surface area (Å²) in [6.45, 7) is 7.27. The highest BCUT2D eigenvalue weighted by Crippen LogP contribution is 2.26. The minimum Gasteiger partial charge on any atom is -0.393 e. The Morgan fingerprint density at radius 1 is 1.14 bits per heavy atom. The first kappa shape index (κ1) is 16.0. The standard InChI is InChI=1S/C16H28N4O/c1-16(2,3)15-19-13(17-4)9-14(20-15)18-10-11-5-7-12(21)8-6-11/h9,11-12,21H,5-8,10H2,1-4H3,(H2,17,18,19,20). The van der Waals surface area contributed by atoms with E-state index in [9.17, 15) is 5.11 Å². The zero-order valence-corrected chi connectivity index (χ0v) is 13.6. The van der Waals surface area contributed by atoms with Crippen molar-refractivity contribution in [2.24, 2.45) is 5.92 Å². The lowest BCUT2D eigenvalue weighted by Crippen LogP contribution is -2.24. The van der Waals surface area contributed by atoms with E-state index in [1.54, 1.807) is 0 Å². The van der Waals surface area contributed by atoms with Crippen molar-refractivity contribution in [3.63, 3.8) is 0 Å². The maximum atomic E-state index is 9.56. The van der Waals surface area contributed by atoms with Crippen LogP contribution in [0.25, 0.3) is 0 Å².